The normalized spacial score (nSPS) is 17.7. The van der Waals surface area contributed by atoms with E-state index < -0.39 is 6.04 Å². The van der Waals surface area contributed by atoms with Gasteiger partial charge in [-0.25, -0.2) is 9.98 Å². The van der Waals surface area contributed by atoms with Crippen molar-refractivity contribution >= 4 is 39.2 Å². The number of nitrogen functional groups attached to an aromatic ring is 2. The number of benzene rings is 1. The third-order valence-electron chi connectivity index (χ3n) is 5.13. The summed E-state index contributed by atoms with van der Waals surface area (Å²) in [5.74, 6) is 1.01. The number of pyridine rings is 1. The maximum atomic E-state index is 9.52. The number of hydrogen-bond acceptors (Lipinski definition) is 11. The van der Waals surface area contributed by atoms with Gasteiger partial charge in [0.2, 0.25) is 5.96 Å². The van der Waals surface area contributed by atoms with Crippen LogP contribution in [-0.2, 0) is 9.47 Å². The minimum absolute atomic E-state index is 0.0172. The van der Waals surface area contributed by atoms with E-state index in [4.69, 9.17) is 30.9 Å². The minimum atomic E-state index is -0.716. The maximum Gasteiger partial charge on any atom is 0.211 e. The van der Waals surface area contributed by atoms with Gasteiger partial charge in [-0.2, -0.15) is 10.5 Å². The fourth-order valence-corrected chi connectivity index (χ4v) is 4.02. The van der Waals surface area contributed by atoms with Crippen LogP contribution in [0, 0.1) is 22.8 Å². The summed E-state index contributed by atoms with van der Waals surface area (Å²) >= 11 is 3.49. The van der Waals surface area contributed by atoms with Crippen LogP contribution in [0.25, 0.3) is 0 Å². The van der Waals surface area contributed by atoms with Crippen molar-refractivity contribution in [3.8, 4) is 18.0 Å². The molecular formula is C21H21BrN8O3. The molecule has 3 heterocycles. The van der Waals surface area contributed by atoms with Crippen molar-refractivity contribution in [1.29, 1.82) is 10.5 Å². The summed E-state index contributed by atoms with van der Waals surface area (Å²) < 4.78 is 18.0. The molecule has 2 aliphatic heterocycles. The van der Waals surface area contributed by atoms with Crippen LogP contribution in [-0.4, -0.2) is 37.1 Å². The number of nitrogens with two attached hydrogens (primary N) is 2. The van der Waals surface area contributed by atoms with Crippen molar-refractivity contribution in [3.05, 3.63) is 39.4 Å². The molecule has 0 aliphatic carbocycles. The summed E-state index contributed by atoms with van der Waals surface area (Å²) in [4.78, 5) is 8.88. The fraction of sp³-hybridized carbons (Fsp3) is 0.333. The quantitative estimate of drug-likeness (QED) is 0.343. The molecule has 6 N–H and O–H groups in total. The number of hydrogen-bond donors (Lipinski definition) is 4. The Morgan fingerprint density at radius 2 is 2.06 bits per heavy atom. The van der Waals surface area contributed by atoms with Crippen molar-refractivity contribution in [2.45, 2.75) is 25.2 Å². The van der Waals surface area contributed by atoms with Gasteiger partial charge in [0, 0.05) is 22.0 Å². The van der Waals surface area contributed by atoms with Gasteiger partial charge in [-0.15, -0.1) is 0 Å². The number of anilines is 3. The number of ether oxygens (including phenoxy) is 3. The predicted molar refractivity (Wildman–Crippen MR) is 124 cm³/mol. The molecule has 33 heavy (non-hydrogen) atoms. The first-order chi connectivity index (χ1) is 16.0. The lowest BCUT2D eigenvalue weighted by Crippen LogP contribution is -2.33. The first-order valence-electron chi connectivity index (χ1n) is 10.2. The average molecular weight is 513 g/mol. The molecule has 170 valence electrons. The summed E-state index contributed by atoms with van der Waals surface area (Å²) in [5, 5.41) is 24.0. The summed E-state index contributed by atoms with van der Waals surface area (Å²) in [6, 6.07) is 6.78. The SMILES string of the molecule is N#CNC1=NC(c2cc(Br)ccc2OCCC2OCCCO2)c2c(nc(N)c(C#N)c2N)N1. The van der Waals surface area contributed by atoms with Gasteiger partial charge in [0.05, 0.1) is 25.5 Å². The zero-order valence-electron chi connectivity index (χ0n) is 17.5. The summed E-state index contributed by atoms with van der Waals surface area (Å²) in [5.41, 5.74) is 13.6. The van der Waals surface area contributed by atoms with Gasteiger partial charge in [-0.1, -0.05) is 15.9 Å². The number of nitrogens with zero attached hydrogens (tertiary/aromatic N) is 4. The fourth-order valence-electron chi connectivity index (χ4n) is 3.64. The predicted octanol–water partition coefficient (Wildman–Crippen LogP) is 2.35. The van der Waals surface area contributed by atoms with Crippen molar-refractivity contribution in [2.75, 3.05) is 36.6 Å². The van der Waals surface area contributed by atoms with E-state index in [0.717, 1.165) is 10.9 Å². The molecule has 0 radical (unpaired) electrons. The standard InChI is InChI=1S/C21H21BrN8O3/c22-11-2-3-14(31-7-4-15-32-5-1-6-33-15)12(8-11)18-16-17(25)13(9-23)19(26)29-20(16)30-21(28-18)27-10-24/h2-3,8,15,18H,1,4-7H2,(H6,25,26,27,28,29,30). The first-order valence-corrected chi connectivity index (χ1v) is 11.0. The topological polar surface area (TPSA) is 177 Å². The molecular weight excluding hydrogens is 492 g/mol. The zero-order chi connectivity index (χ0) is 23.4. The van der Waals surface area contributed by atoms with E-state index in [1.807, 2.05) is 30.5 Å². The number of nitrogens with one attached hydrogen (secondary N) is 2. The van der Waals surface area contributed by atoms with Gasteiger partial charge in [-0.05, 0) is 24.6 Å². The van der Waals surface area contributed by atoms with E-state index in [1.165, 1.54) is 0 Å². The highest BCUT2D eigenvalue weighted by Gasteiger charge is 2.31. The molecule has 1 atom stereocenters. The van der Waals surface area contributed by atoms with Gasteiger partial charge in [0.1, 0.15) is 35.1 Å². The molecule has 2 aliphatic rings. The van der Waals surface area contributed by atoms with Crippen LogP contribution in [0.4, 0.5) is 17.3 Å². The van der Waals surface area contributed by atoms with Gasteiger partial charge in [-0.3, -0.25) is 5.32 Å². The molecule has 1 fully saturated rings. The molecule has 12 heteroatoms. The number of halogens is 1. The Labute approximate surface area is 198 Å². The Balaban J connectivity index is 1.72. The van der Waals surface area contributed by atoms with Crippen LogP contribution in [0.3, 0.4) is 0 Å². The summed E-state index contributed by atoms with van der Waals surface area (Å²) in [7, 11) is 0. The highest BCUT2D eigenvalue weighted by Crippen LogP contribution is 2.43. The zero-order valence-corrected chi connectivity index (χ0v) is 19.1. The highest BCUT2D eigenvalue weighted by atomic mass is 79.9. The Kier molecular flexibility index (Phi) is 6.79. The van der Waals surface area contributed by atoms with Crippen LogP contribution in [0.1, 0.15) is 35.6 Å². The second kappa shape index (κ2) is 9.92. The minimum Gasteiger partial charge on any atom is -0.493 e. The molecule has 0 bridgehead atoms. The molecule has 0 spiro atoms. The number of guanidine groups is 1. The summed E-state index contributed by atoms with van der Waals surface area (Å²) in [6.45, 7) is 1.68. The molecule has 4 rings (SSSR count). The second-order valence-corrected chi connectivity index (χ2v) is 8.16. The third-order valence-corrected chi connectivity index (χ3v) is 5.62. The smallest absolute Gasteiger partial charge is 0.211 e. The summed E-state index contributed by atoms with van der Waals surface area (Å²) in [6.07, 6.45) is 2.97. The molecule has 0 amide bonds. The number of nitriles is 2. The van der Waals surface area contributed by atoms with E-state index >= 15 is 0 Å². The van der Waals surface area contributed by atoms with Gasteiger partial charge >= 0.3 is 0 Å². The molecule has 0 saturated carbocycles. The van der Waals surface area contributed by atoms with Crippen LogP contribution in [0.15, 0.2) is 27.7 Å². The van der Waals surface area contributed by atoms with Crippen LogP contribution in [0.5, 0.6) is 5.75 Å². The van der Waals surface area contributed by atoms with E-state index in [2.05, 4.69) is 36.5 Å². The Bertz CT molecular complexity index is 1170. The third kappa shape index (κ3) is 4.78. The molecule has 1 aromatic carbocycles. The highest BCUT2D eigenvalue weighted by molar-refractivity contribution is 9.10. The van der Waals surface area contributed by atoms with Crippen molar-refractivity contribution < 1.29 is 14.2 Å². The number of aliphatic imine (C=N–C) groups is 1. The van der Waals surface area contributed by atoms with Crippen molar-refractivity contribution in [2.24, 2.45) is 4.99 Å². The van der Waals surface area contributed by atoms with Gasteiger partial charge in [0.15, 0.2) is 12.5 Å². The lowest BCUT2D eigenvalue weighted by atomic mass is 9.94. The van der Waals surface area contributed by atoms with E-state index in [-0.39, 0.29) is 29.3 Å². The van der Waals surface area contributed by atoms with Crippen molar-refractivity contribution in [3.63, 3.8) is 0 Å². The molecule has 2 aromatic rings. The maximum absolute atomic E-state index is 9.52. The number of fused-ring (bicyclic) bond motifs is 1. The Morgan fingerprint density at radius 3 is 2.79 bits per heavy atom. The molecule has 1 saturated heterocycles. The van der Waals surface area contributed by atoms with E-state index in [9.17, 15) is 5.26 Å². The molecule has 1 unspecified atom stereocenters. The number of aromatic nitrogens is 1. The van der Waals surface area contributed by atoms with E-state index in [0.29, 0.717) is 48.9 Å². The lowest BCUT2D eigenvalue weighted by Gasteiger charge is -2.27. The molecule has 11 nitrogen and oxygen atoms in total. The average Bonchev–Trinajstić information content (AvgIpc) is 2.80. The second-order valence-electron chi connectivity index (χ2n) is 7.25. The Morgan fingerprint density at radius 1 is 1.27 bits per heavy atom. The van der Waals surface area contributed by atoms with Gasteiger partial charge in [0.25, 0.3) is 0 Å². The Hall–Kier alpha value is -3.58. The molecule has 1 aromatic heterocycles. The first kappa shape index (κ1) is 22.6. The van der Waals surface area contributed by atoms with E-state index in [1.54, 1.807) is 0 Å². The largest absolute Gasteiger partial charge is 0.493 e. The monoisotopic (exact) mass is 512 g/mol. The number of rotatable bonds is 5. The van der Waals surface area contributed by atoms with Crippen molar-refractivity contribution in [1.82, 2.24) is 10.3 Å². The van der Waals surface area contributed by atoms with Gasteiger partial charge < -0.3 is 31.0 Å². The van der Waals surface area contributed by atoms with Crippen LogP contribution in [0.2, 0.25) is 0 Å². The van der Waals surface area contributed by atoms with Crippen LogP contribution < -0.4 is 26.8 Å². The van der Waals surface area contributed by atoms with Crippen LogP contribution >= 0.6 is 15.9 Å². The lowest BCUT2D eigenvalue weighted by molar-refractivity contribution is -0.183.